The molecule has 3 rings (SSSR count). The van der Waals surface area contributed by atoms with E-state index in [0.29, 0.717) is 17.7 Å². The van der Waals surface area contributed by atoms with Gasteiger partial charge in [-0.3, -0.25) is 10.1 Å². The number of hydrogen-bond acceptors (Lipinski definition) is 3. The number of amides is 1. The third kappa shape index (κ3) is 2.48. The summed E-state index contributed by atoms with van der Waals surface area (Å²) in [6.07, 6.45) is 6.86. The molecule has 1 aliphatic carbocycles. The Morgan fingerprint density at radius 2 is 1.95 bits per heavy atom. The third-order valence-corrected chi connectivity index (χ3v) is 5.31. The Bertz CT molecular complexity index is 357. The second kappa shape index (κ2) is 5.64. The van der Waals surface area contributed by atoms with Gasteiger partial charge in [0.25, 0.3) is 0 Å². The Morgan fingerprint density at radius 1 is 1.30 bits per heavy atom. The fraction of sp³-hybridized carbons (Fsp3) is 0.938. The van der Waals surface area contributed by atoms with Crippen LogP contribution in [0.5, 0.6) is 0 Å². The molecule has 2 saturated heterocycles. The summed E-state index contributed by atoms with van der Waals surface area (Å²) in [6.45, 7) is 7.07. The van der Waals surface area contributed by atoms with Crippen molar-refractivity contribution in [2.24, 2.45) is 11.8 Å². The molecule has 1 spiro atoms. The largest absolute Gasteiger partial charge is 0.381 e. The molecule has 0 radical (unpaired) electrons. The highest BCUT2D eigenvalue weighted by molar-refractivity contribution is 5.89. The molecule has 1 unspecified atom stereocenters. The van der Waals surface area contributed by atoms with Gasteiger partial charge in [0, 0.05) is 19.8 Å². The molecule has 4 nitrogen and oxygen atoms in total. The van der Waals surface area contributed by atoms with E-state index in [2.05, 4.69) is 24.1 Å². The van der Waals surface area contributed by atoms with Gasteiger partial charge in [-0.2, -0.15) is 0 Å². The Balaban J connectivity index is 1.73. The van der Waals surface area contributed by atoms with E-state index in [1.54, 1.807) is 0 Å². The predicted octanol–water partition coefficient (Wildman–Crippen LogP) is 2.14. The van der Waals surface area contributed by atoms with Crippen molar-refractivity contribution < 1.29 is 9.53 Å². The Hall–Kier alpha value is -0.610. The molecule has 1 atom stereocenters. The Kier molecular flexibility index (Phi) is 4.04. The summed E-state index contributed by atoms with van der Waals surface area (Å²) in [5.41, 5.74) is -0.222. The maximum Gasteiger partial charge on any atom is 0.244 e. The molecule has 0 bridgehead atoms. The van der Waals surface area contributed by atoms with Crippen LogP contribution in [0.25, 0.3) is 0 Å². The van der Waals surface area contributed by atoms with Crippen LogP contribution >= 0.6 is 0 Å². The summed E-state index contributed by atoms with van der Waals surface area (Å²) in [5.74, 6) is 1.46. The maximum atomic E-state index is 13.0. The van der Waals surface area contributed by atoms with Crippen molar-refractivity contribution in [3.8, 4) is 0 Å². The minimum atomic E-state index is -0.222. The molecule has 0 aromatic rings. The Labute approximate surface area is 122 Å². The molecule has 2 heterocycles. The summed E-state index contributed by atoms with van der Waals surface area (Å²) in [5, 5.41) is 3.70. The highest BCUT2D eigenvalue weighted by atomic mass is 16.5. The monoisotopic (exact) mass is 280 g/mol. The number of ether oxygens (including phenoxy) is 1. The fourth-order valence-electron chi connectivity index (χ4n) is 4.09. The van der Waals surface area contributed by atoms with Gasteiger partial charge in [0.05, 0.1) is 11.7 Å². The van der Waals surface area contributed by atoms with Gasteiger partial charge in [-0.15, -0.1) is 0 Å². The van der Waals surface area contributed by atoms with E-state index < -0.39 is 0 Å². The summed E-state index contributed by atoms with van der Waals surface area (Å²) in [7, 11) is 0. The highest BCUT2D eigenvalue weighted by Gasteiger charge is 2.53. The number of nitrogens with one attached hydrogen (secondary N) is 1. The van der Waals surface area contributed by atoms with Crippen LogP contribution in [0.2, 0.25) is 0 Å². The van der Waals surface area contributed by atoms with Crippen LogP contribution in [0.1, 0.15) is 52.4 Å². The van der Waals surface area contributed by atoms with Crippen molar-refractivity contribution in [2.45, 2.75) is 64.1 Å². The second-order valence-corrected chi connectivity index (χ2v) is 7.14. The number of carbonyl (C=O) groups is 1. The summed E-state index contributed by atoms with van der Waals surface area (Å²) in [6, 6.07) is 0. The number of nitrogens with zero attached hydrogens (tertiary/aromatic N) is 1. The van der Waals surface area contributed by atoms with E-state index in [0.717, 1.165) is 45.4 Å². The van der Waals surface area contributed by atoms with E-state index >= 15 is 0 Å². The predicted molar refractivity (Wildman–Crippen MR) is 78.2 cm³/mol. The smallest absolute Gasteiger partial charge is 0.244 e. The standard InChI is InChI=1S/C16H28N2O2/c1-12(2)14-17-16(7-3-4-8-16)15(19)18(14)11-13-5-9-20-10-6-13/h12-14,17H,3-11H2,1-2H3. The molecule has 0 aromatic heterocycles. The van der Waals surface area contributed by atoms with Gasteiger partial charge in [-0.1, -0.05) is 26.7 Å². The van der Waals surface area contributed by atoms with E-state index in [4.69, 9.17) is 4.74 Å². The van der Waals surface area contributed by atoms with Gasteiger partial charge in [-0.05, 0) is 37.5 Å². The maximum absolute atomic E-state index is 13.0. The lowest BCUT2D eigenvalue weighted by atomic mass is 9.96. The molecule has 4 heteroatoms. The van der Waals surface area contributed by atoms with E-state index in [1.807, 2.05) is 0 Å². The highest BCUT2D eigenvalue weighted by Crippen LogP contribution is 2.38. The molecule has 1 saturated carbocycles. The molecular formula is C16H28N2O2. The SMILES string of the molecule is CC(C)C1NC2(CCCC2)C(=O)N1CC1CCOCC1. The minimum absolute atomic E-state index is 0.222. The van der Waals surface area contributed by atoms with E-state index in [-0.39, 0.29) is 11.7 Å². The van der Waals surface area contributed by atoms with Crippen LogP contribution in [0.15, 0.2) is 0 Å². The summed E-state index contributed by atoms with van der Waals surface area (Å²) in [4.78, 5) is 15.1. The van der Waals surface area contributed by atoms with Crippen LogP contribution in [-0.2, 0) is 9.53 Å². The van der Waals surface area contributed by atoms with Crippen LogP contribution in [0, 0.1) is 11.8 Å². The lowest BCUT2D eigenvalue weighted by Crippen LogP contribution is -2.45. The quantitative estimate of drug-likeness (QED) is 0.861. The van der Waals surface area contributed by atoms with Crippen LogP contribution in [0.4, 0.5) is 0 Å². The van der Waals surface area contributed by atoms with E-state index in [1.165, 1.54) is 12.8 Å². The fourth-order valence-corrected chi connectivity index (χ4v) is 4.09. The van der Waals surface area contributed by atoms with Gasteiger partial charge >= 0.3 is 0 Å². The number of rotatable bonds is 3. The second-order valence-electron chi connectivity index (χ2n) is 7.14. The van der Waals surface area contributed by atoms with Gasteiger partial charge in [-0.25, -0.2) is 0 Å². The topological polar surface area (TPSA) is 41.6 Å². The van der Waals surface area contributed by atoms with E-state index in [9.17, 15) is 4.79 Å². The zero-order chi connectivity index (χ0) is 14.2. The summed E-state index contributed by atoms with van der Waals surface area (Å²) < 4.78 is 5.44. The van der Waals surface area contributed by atoms with Crippen molar-refractivity contribution in [1.82, 2.24) is 10.2 Å². The molecular weight excluding hydrogens is 252 g/mol. The average molecular weight is 280 g/mol. The van der Waals surface area contributed by atoms with Crippen molar-refractivity contribution in [3.05, 3.63) is 0 Å². The minimum Gasteiger partial charge on any atom is -0.381 e. The van der Waals surface area contributed by atoms with Crippen LogP contribution < -0.4 is 5.32 Å². The normalized spacial score (nSPS) is 30.9. The first-order chi connectivity index (χ1) is 9.62. The average Bonchev–Trinajstić information content (AvgIpc) is 3.02. The van der Waals surface area contributed by atoms with Crippen molar-refractivity contribution in [1.29, 1.82) is 0 Å². The molecule has 0 aromatic carbocycles. The first-order valence-electron chi connectivity index (χ1n) is 8.29. The molecule has 3 aliphatic rings. The first-order valence-corrected chi connectivity index (χ1v) is 8.29. The van der Waals surface area contributed by atoms with Crippen molar-refractivity contribution in [3.63, 3.8) is 0 Å². The lowest BCUT2D eigenvalue weighted by Gasteiger charge is -2.32. The van der Waals surface area contributed by atoms with Gasteiger partial charge in [0.2, 0.25) is 5.91 Å². The Morgan fingerprint density at radius 3 is 2.55 bits per heavy atom. The first kappa shape index (κ1) is 14.3. The third-order valence-electron chi connectivity index (χ3n) is 5.31. The van der Waals surface area contributed by atoms with Crippen LogP contribution in [0.3, 0.4) is 0 Å². The van der Waals surface area contributed by atoms with Gasteiger partial charge < -0.3 is 9.64 Å². The number of carbonyl (C=O) groups excluding carboxylic acids is 1. The molecule has 1 N–H and O–H groups in total. The lowest BCUT2D eigenvalue weighted by molar-refractivity contribution is -0.134. The van der Waals surface area contributed by atoms with Gasteiger partial charge in [0.1, 0.15) is 0 Å². The molecule has 3 fully saturated rings. The van der Waals surface area contributed by atoms with Crippen LogP contribution in [-0.4, -0.2) is 42.3 Å². The van der Waals surface area contributed by atoms with Crippen molar-refractivity contribution >= 4 is 5.91 Å². The van der Waals surface area contributed by atoms with Gasteiger partial charge in [0.15, 0.2) is 0 Å². The summed E-state index contributed by atoms with van der Waals surface area (Å²) >= 11 is 0. The molecule has 114 valence electrons. The molecule has 2 aliphatic heterocycles. The molecule has 20 heavy (non-hydrogen) atoms. The zero-order valence-electron chi connectivity index (χ0n) is 12.9. The number of hydrogen-bond donors (Lipinski definition) is 1. The molecule has 1 amide bonds. The van der Waals surface area contributed by atoms with Crippen molar-refractivity contribution in [2.75, 3.05) is 19.8 Å². The zero-order valence-corrected chi connectivity index (χ0v) is 12.9.